The molecule has 0 radical (unpaired) electrons. The highest BCUT2D eigenvalue weighted by Crippen LogP contribution is 2.33. The molecule has 0 bridgehead atoms. The Kier molecular flexibility index (Phi) is 7.75. The normalized spacial score (nSPS) is 13.2. The second kappa shape index (κ2) is 7.62. The van der Waals surface area contributed by atoms with E-state index >= 15 is 0 Å². The van der Waals surface area contributed by atoms with Gasteiger partial charge in [-0.25, -0.2) is 0 Å². The van der Waals surface area contributed by atoms with Crippen LogP contribution in [0.5, 0.6) is 0 Å². The Balaban J connectivity index is 3.00. The molecule has 0 aromatic rings. The average molecular weight is 210 g/mol. The molecule has 4 heteroatoms. The van der Waals surface area contributed by atoms with E-state index in [1.807, 2.05) is 0 Å². The van der Waals surface area contributed by atoms with Crippen LogP contribution in [0.4, 0.5) is 0 Å². The predicted molar refractivity (Wildman–Crippen MR) is 58.3 cm³/mol. The van der Waals surface area contributed by atoms with E-state index in [0.717, 1.165) is 12.8 Å². The maximum absolute atomic E-state index is 8.65. The van der Waals surface area contributed by atoms with Gasteiger partial charge < -0.3 is 13.7 Å². The third-order valence-electron chi connectivity index (χ3n) is 2.02. The maximum atomic E-state index is 8.65. The van der Waals surface area contributed by atoms with Gasteiger partial charge in [-0.1, -0.05) is 45.4 Å². The molecule has 0 unspecified atom stereocenters. The molecule has 0 aliphatic rings. The Hall–Kier alpha value is 0.230. The summed E-state index contributed by atoms with van der Waals surface area (Å²) in [4.78, 5) is 0. The zero-order valence-corrected chi connectivity index (χ0v) is 9.22. The lowest BCUT2D eigenvalue weighted by Gasteiger charge is -2.18. The topological polar surface area (TPSA) is 60.7 Å². The fraction of sp³-hybridized carbons (Fsp3) is 1.00. The summed E-state index contributed by atoms with van der Waals surface area (Å²) in [6.07, 6.45) is 7.86. The smallest absolute Gasteiger partial charge is 0.0810 e. The molecule has 3 N–H and O–H groups in total. The van der Waals surface area contributed by atoms with Crippen molar-refractivity contribution in [1.29, 1.82) is 0 Å². The molecule has 0 aliphatic carbocycles. The van der Waals surface area contributed by atoms with Gasteiger partial charge in [0.15, 0.2) is 0 Å². The van der Waals surface area contributed by atoms with Crippen LogP contribution in [0.25, 0.3) is 0 Å². The summed E-state index contributed by atoms with van der Waals surface area (Å²) >= 11 is 0. The third-order valence-corrected chi connectivity index (χ3v) is 2.86. The van der Waals surface area contributed by atoms with Crippen LogP contribution in [0.2, 0.25) is 0 Å². The van der Waals surface area contributed by atoms with Crippen LogP contribution < -0.4 is 0 Å². The SMILES string of the molecule is CCCCCCCCCS(O)(O)O. The largest absolute Gasteiger partial charge is 0.308 e. The van der Waals surface area contributed by atoms with Gasteiger partial charge in [0, 0.05) is 5.75 Å². The Morgan fingerprint density at radius 2 is 1.23 bits per heavy atom. The summed E-state index contributed by atoms with van der Waals surface area (Å²) in [6.45, 7) is 2.18. The standard InChI is InChI=1S/C9H22O3S/c1-2-3-4-5-6-7-8-9-13(10,11)12/h10-12H,2-9H2,1H3. The van der Waals surface area contributed by atoms with Gasteiger partial charge in [0.2, 0.25) is 0 Å². The van der Waals surface area contributed by atoms with Crippen molar-refractivity contribution in [2.24, 2.45) is 0 Å². The highest BCUT2D eigenvalue weighted by molar-refractivity contribution is 8.19. The van der Waals surface area contributed by atoms with Gasteiger partial charge in [0.1, 0.15) is 0 Å². The molecular formula is C9H22O3S. The van der Waals surface area contributed by atoms with Crippen molar-refractivity contribution in [2.45, 2.75) is 51.9 Å². The van der Waals surface area contributed by atoms with Crippen molar-refractivity contribution in [1.82, 2.24) is 0 Å². The molecule has 0 atom stereocenters. The Morgan fingerprint density at radius 1 is 0.769 bits per heavy atom. The number of hydrogen-bond donors (Lipinski definition) is 3. The molecule has 0 heterocycles. The molecular weight excluding hydrogens is 188 g/mol. The lowest BCUT2D eigenvalue weighted by Crippen LogP contribution is -2.00. The van der Waals surface area contributed by atoms with Gasteiger partial charge >= 0.3 is 0 Å². The highest BCUT2D eigenvalue weighted by atomic mass is 32.3. The highest BCUT2D eigenvalue weighted by Gasteiger charge is 2.09. The molecule has 0 aromatic carbocycles. The summed E-state index contributed by atoms with van der Waals surface area (Å²) in [7, 11) is -3.22. The molecule has 0 rings (SSSR count). The maximum Gasteiger partial charge on any atom is 0.0810 e. The fourth-order valence-corrected chi connectivity index (χ4v) is 1.84. The number of rotatable bonds is 8. The first-order chi connectivity index (χ1) is 6.06. The molecule has 0 spiro atoms. The fourth-order valence-electron chi connectivity index (χ4n) is 1.25. The van der Waals surface area contributed by atoms with Crippen molar-refractivity contribution < 1.29 is 13.7 Å². The summed E-state index contributed by atoms with van der Waals surface area (Å²) < 4.78 is 26.0. The predicted octanol–water partition coefficient (Wildman–Crippen LogP) is 3.96. The molecule has 0 fully saturated rings. The lowest BCUT2D eigenvalue weighted by molar-refractivity contribution is 0.373. The molecule has 3 nitrogen and oxygen atoms in total. The minimum absolute atomic E-state index is 0.140. The quantitative estimate of drug-likeness (QED) is 0.531. The van der Waals surface area contributed by atoms with E-state index in [-0.39, 0.29) is 5.75 Å². The van der Waals surface area contributed by atoms with Gasteiger partial charge in [-0.2, -0.15) is 0 Å². The van der Waals surface area contributed by atoms with Gasteiger partial charge in [-0.15, -0.1) is 0 Å². The van der Waals surface area contributed by atoms with Crippen molar-refractivity contribution in [3.63, 3.8) is 0 Å². The van der Waals surface area contributed by atoms with Crippen molar-refractivity contribution in [3.8, 4) is 0 Å². The van der Waals surface area contributed by atoms with Crippen LogP contribution in [-0.4, -0.2) is 19.4 Å². The molecule has 0 aromatic heterocycles. The van der Waals surface area contributed by atoms with Crippen molar-refractivity contribution >= 4 is 10.9 Å². The minimum atomic E-state index is -3.22. The first-order valence-corrected chi connectivity index (χ1v) is 6.72. The summed E-state index contributed by atoms with van der Waals surface area (Å²) in [5, 5.41) is 0. The van der Waals surface area contributed by atoms with Crippen LogP contribution in [0, 0.1) is 0 Å². The average Bonchev–Trinajstić information content (AvgIpc) is 2.01. The molecule has 0 saturated heterocycles. The second-order valence-electron chi connectivity index (χ2n) is 3.46. The molecule has 0 amide bonds. The summed E-state index contributed by atoms with van der Waals surface area (Å²) in [5.74, 6) is 0.140. The van der Waals surface area contributed by atoms with Gasteiger partial charge in [0.25, 0.3) is 0 Å². The Bertz CT molecular complexity index is 112. The second-order valence-corrected chi connectivity index (χ2v) is 5.13. The Morgan fingerprint density at radius 3 is 1.69 bits per heavy atom. The van der Waals surface area contributed by atoms with E-state index in [0.29, 0.717) is 6.42 Å². The summed E-state index contributed by atoms with van der Waals surface area (Å²) in [5.41, 5.74) is 0. The zero-order chi connectivity index (χ0) is 10.2. The van der Waals surface area contributed by atoms with E-state index in [1.54, 1.807) is 0 Å². The van der Waals surface area contributed by atoms with Crippen molar-refractivity contribution in [2.75, 3.05) is 5.75 Å². The third kappa shape index (κ3) is 12.2. The minimum Gasteiger partial charge on any atom is -0.308 e. The van der Waals surface area contributed by atoms with Crippen LogP contribution in [0.15, 0.2) is 0 Å². The van der Waals surface area contributed by atoms with Crippen LogP contribution >= 0.6 is 10.9 Å². The van der Waals surface area contributed by atoms with Crippen LogP contribution in [-0.2, 0) is 0 Å². The first kappa shape index (κ1) is 13.2. The van der Waals surface area contributed by atoms with E-state index in [1.165, 1.54) is 25.7 Å². The van der Waals surface area contributed by atoms with E-state index in [4.69, 9.17) is 13.7 Å². The first-order valence-electron chi connectivity index (χ1n) is 5.04. The van der Waals surface area contributed by atoms with Crippen LogP contribution in [0.3, 0.4) is 0 Å². The molecule has 13 heavy (non-hydrogen) atoms. The number of hydrogen-bond acceptors (Lipinski definition) is 3. The zero-order valence-electron chi connectivity index (χ0n) is 8.41. The monoisotopic (exact) mass is 210 g/mol. The molecule has 0 aliphatic heterocycles. The van der Waals surface area contributed by atoms with Crippen LogP contribution in [0.1, 0.15) is 51.9 Å². The molecule has 0 saturated carbocycles. The van der Waals surface area contributed by atoms with E-state index in [2.05, 4.69) is 6.92 Å². The molecule has 82 valence electrons. The van der Waals surface area contributed by atoms with Gasteiger partial charge in [0.05, 0.1) is 10.9 Å². The lowest BCUT2D eigenvalue weighted by atomic mass is 10.1. The summed E-state index contributed by atoms with van der Waals surface area (Å²) in [6, 6.07) is 0. The Labute approximate surface area is 82.7 Å². The van der Waals surface area contributed by atoms with E-state index < -0.39 is 10.9 Å². The van der Waals surface area contributed by atoms with Gasteiger partial charge in [-0.05, 0) is 6.42 Å². The van der Waals surface area contributed by atoms with Gasteiger partial charge in [-0.3, -0.25) is 0 Å². The van der Waals surface area contributed by atoms with Crippen molar-refractivity contribution in [3.05, 3.63) is 0 Å². The number of unbranched alkanes of at least 4 members (excludes halogenated alkanes) is 6. The van der Waals surface area contributed by atoms with E-state index in [9.17, 15) is 0 Å².